The van der Waals surface area contributed by atoms with Crippen LogP contribution in [0, 0.1) is 5.82 Å². The molecule has 2 fully saturated rings. The number of hydrogen-bond acceptors (Lipinski definition) is 8. The number of piperazine rings is 1. The third-order valence-electron chi connectivity index (χ3n) is 7.60. The van der Waals surface area contributed by atoms with Crippen molar-refractivity contribution in [1.82, 2.24) is 24.4 Å². The summed E-state index contributed by atoms with van der Waals surface area (Å²) in [7, 11) is 0. The van der Waals surface area contributed by atoms with Crippen LogP contribution in [0.2, 0.25) is 5.02 Å². The second kappa shape index (κ2) is 11.6. The number of aromatic carboxylic acids is 1. The standard InChI is InChI=1S/C29H30ClFN6O4/c1-18-14-36(25-3-2-4-27(34-25)41-17-19-5-6-20(30)13-22(19)31)11-10-35(18)16-26-32-23-7-8-24(29(38)39)33-28(23)37(26)15-21-9-12-40-21/h2-8,13,18,21H,9-12,14-17H2,1H3,(H,38,39)/t18-,21-/m0/s1. The van der Waals surface area contributed by atoms with Gasteiger partial charge in [-0.05, 0) is 43.7 Å². The van der Waals surface area contributed by atoms with Gasteiger partial charge in [0, 0.05) is 48.9 Å². The summed E-state index contributed by atoms with van der Waals surface area (Å²) in [6, 6.07) is 13.5. The molecule has 0 bridgehead atoms. The summed E-state index contributed by atoms with van der Waals surface area (Å²) < 4.78 is 27.6. The van der Waals surface area contributed by atoms with Gasteiger partial charge in [0.05, 0.1) is 19.2 Å². The normalized spacial score (nSPS) is 19.3. The number of halogens is 2. The molecule has 1 aromatic carbocycles. The Kier molecular flexibility index (Phi) is 7.74. The molecule has 4 aromatic rings. The van der Waals surface area contributed by atoms with Gasteiger partial charge in [0.1, 0.15) is 29.6 Å². The zero-order chi connectivity index (χ0) is 28.5. The van der Waals surface area contributed by atoms with Crippen LogP contribution in [0.1, 0.15) is 35.2 Å². The van der Waals surface area contributed by atoms with Crippen molar-refractivity contribution in [2.75, 3.05) is 31.1 Å². The number of anilines is 1. The van der Waals surface area contributed by atoms with Crippen LogP contribution in [-0.2, 0) is 24.4 Å². The van der Waals surface area contributed by atoms with Crippen LogP contribution in [-0.4, -0.2) is 73.9 Å². The minimum atomic E-state index is -1.06. The molecule has 2 aliphatic rings. The van der Waals surface area contributed by atoms with Crippen LogP contribution in [0.15, 0.2) is 48.5 Å². The fraction of sp³-hybridized carbons (Fsp3) is 0.379. The molecule has 12 heteroatoms. The molecule has 214 valence electrons. The number of carboxylic acids is 1. The molecule has 0 saturated carbocycles. The number of fused-ring (bicyclic) bond motifs is 1. The first kappa shape index (κ1) is 27.4. The number of rotatable bonds is 9. The molecule has 2 saturated heterocycles. The highest BCUT2D eigenvalue weighted by atomic mass is 35.5. The molecule has 0 aliphatic carbocycles. The van der Waals surface area contributed by atoms with E-state index >= 15 is 0 Å². The summed E-state index contributed by atoms with van der Waals surface area (Å²) in [5.74, 6) is 0.586. The predicted molar refractivity (Wildman–Crippen MR) is 151 cm³/mol. The van der Waals surface area contributed by atoms with E-state index in [1.807, 2.05) is 16.7 Å². The number of pyridine rings is 2. The second-order valence-corrected chi connectivity index (χ2v) is 10.8. The Morgan fingerprint density at radius 2 is 2.02 bits per heavy atom. The van der Waals surface area contributed by atoms with E-state index in [1.54, 1.807) is 24.3 Å². The van der Waals surface area contributed by atoms with Crippen LogP contribution in [0.4, 0.5) is 10.2 Å². The highest BCUT2D eigenvalue weighted by molar-refractivity contribution is 6.30. The van der Waals surface area contributed by atoms with Crippen LogP contribution in [0.3, 0.4) is 0 Å². The Bertz CT molecular complexity index is 1580. The van der Waals surface area contributed by atoms with Gasteiger partial charge in [0.25, 0.3) is 0 Å². The fourth-order valence-corrected chi connectivity index (χ4v) is 5.34. The molecule has 2 aliphatic heterocycles. The maximum Gasteiger partial charge on any atom is 0.354 e. The van der Waals surface area contributed by atoms with Gasteiger partial charge in [0.2, 0.25) is 5.88 Å². The first-order valence-corrected chi connectivity index (χ1v) is 14.0. The average Bonchev–Trinajstić information content (AvgIpc) is 3.27. The van der Waals surface area contributed by atoms with Crippen LogP contribution < -0.4 is 9.64 Å². The molecular formula is C29H30ClFN6O4. The summed E-state index contributed by atoms with van der Waals surface area (Å²) in [6.07, 6.45) is 1.03. The molecule has 0 unspecified atom stereocenters. The molecule has 0 radical (unpaired) electrons. The summed E-state index contributed by atoms with van der Waals surface area (Å²) in [4.78, 5) is 30.0. The van der Waals surface area contributed by atoms with Crippen LogP contribution >= 0.6 is 11.6 Å². The van der Waals surface area contributed by atoms with Crippen molar-refractivity contribution in [2.24, 2.45) is 0 Å². The Labute approximate surface area is 241 Å². The van der Waals surface area contributed by atoms with Gasteiger partial charge in [-0.1, -0.05) is 23.7 Å². The van der Waals surface area contributed by atoms with Gasteiger partial charge in [-0.25, -0.2) is 19.2 Å². The second-order valence-electron chi connectivity index (χ2n) is 10.4. The summed E-state index contributed by atoms with van der Waals surface area (Å²) in [5, 5.41) is 9.79. The lowest BCUT2D eigenvalue weighted by atomic mass is 10.1. The summed E-state index contributed by atoms with van der Waals surface area (Å²) in [5.41, 5.74) is 1.66. The number of ether oxygens (including phenoxy) is 2. The van der Waals surface area contributed by atoms with E-state index in [2.05, 4.69) is 26.7 Å². The molecule has 0 amide bonds. The Morgan fingerprint density at radius 3 is 2.76 bits per heavy atom. The summed E-state index contributed by atoms with van der Waals surface area (Å²) >= 11 is 5.84. The first-order chi connectivity index (χ1) is 19.8. The Morgan fingerprint density at radius 1 is 1.17 bits per heavy atom. The molecule has 6 rings (SSSR count). The SMILES string of the molecule is C[C@H]1CN(c2cccc(OCc3ccc(Cl)cc3F)n2)CCN1Cc1nc2ccc(C(=O)O)nc2n1C[C@@H]1CCO1. The van der Waals surface area contributed by atoms with Crippen LogP contribution in [0.25, 0.3) is 11.2 Å². The zero-order valence-electron chi connectivity index (χ0n) is 22.5. The number of aromatic nitrogens is 4. The smallest absolute Gasteiger partial charge is 0.354 e. The molecule has 3 aromatic heterocycles. The van der Waals surface area contributed by atoms with Gasteiger partial charge >= 0.3 is 5.97 Å². The third-order valence-corrected chi connectivity index (χ3v) is 7.84. The van der Waals surface area contributed by atoms with Crippen molar-refractivity contribution in [2.45, 2.75) is 45.2 Å². The molecule has 41 heavy (non-hydrogen) atoms. The maximum atomic E-state index is 14.1. The number of carbonyl (C=O) groups is 1. The van der Waals surface area contributed by atoms with Crippen molar-refractivity contribution in [3.8, 4) is 5.88 Å². The van der Waals surface area contributed by atoms with Crippen molar-refractivity contribution in [1.29, 1.82) is 0 Å². The number of carboxylic acid groups (broad SMARTS) is 1. The molecule has 2 atom stereocenters. The van der Waals surface area contributed by atoms with Crippen molar-refractivity contribution in [3.05, 3.63) is 76.5 Å². The summed E-state index contributed by atoms with van der Waals surface area (Å²) in [6.45, 7) is 6.42. The first-order valence-electron chi connectivity index (χ1n) is 13.6. The molecular weight excluding hydrogens is 551 g/mol. The van der Waals surface area contributed by atoms with Crippen molar-refractivity contribution < 1.29 is 23.8 Å². The van der Waals surface area contributed by atoms with E-state index in [0.29, 0.717) is 40.7 Å². The van der Waals surface area contributed by atoms with Gasteiger partial charge in [-0.2, -0.15) is 4.98 Å². The number of nitrogens with zero attached hydrogens (tertiary/aromatic N) is 6. The van der Waals surface area contributed by atoms with Crippen molar-refractivity contribution in [3.63, 3.8) is 0 Å². The Balaban J connectivity index is 1.14. The van der Waals surface area contributed by atoms with Gasteiger partial charge in [-0.15, -0.1) is 0 Å². The van der Waals surface area contributed by atoms with Crippen LogP contribution in [0.5, 0.6) is 5.88 Å². The van der Waals surface area contributed by atoms with Gasteiger partial charge in [0.15, 0.2) is 11.3 Å². The topological polar surface area (TPSA) is 106 Å². The molecule has 5 heterocycles. The van der Waals surface area contributed by atoms with Gasteiger partial charge in [-0.3, -0.25) is 4.90 Å². The van der Waals surface area contributed by atoms with E-state index in [9.17, 15) is 14.3 Å². The molecule has 1 N–H and O–H groups in total. The largest absolute Gasteiger partial charge is 0.477 e. The Hall–Kier alpha value is -3.80. The zero-order valence-corrected chi connectivity index (χ0v) is 23.3. The van der Waals surface area contributed by atoms with E-state index < -0.39 is 11.8 Å². The van der Waals surface area contributed by atoms with Crippen molar-refractivity contribution >= 4 is 34.6 Å². The number of benzene rings is 1. The monoisotopic (exact) mass is 580 g/mol. The third kappa shape index (κ3) is 5.97. The highest BCUT2D eigenvalue weighted by Crippen LogP contribution is 2.25. The molecule has 10 nitrogen and oxygen atoms in total. The number of hydrogen-bond donors (Lipinski definition) is 1. The van der Waals surface area contributed by atoms with E-state index in [-0.39, 0.29) is 24.4 Å². The molecule has 0 spiro atoms. The van der Waals surface area contributed by atoms with E-state index in [1.165, 1.54) is 12.1 Å². The minimum absolute atomic E-state index is 0.00118. The van der Waals surface area contributed by atoms with E-state index in [4.69, 9.17) is 26.1 Å². The number of imidazole rings is 1. The quantitative estimate of drug-likeness (QED) is 0.308. The predicted octanol–water partition coefficient (Wildman–Crippen LogP) is 4.40. The van der Waals surface area contributed by atoms with E-state index in [0.717, 1.165) is 44.3 Å². The average molecular weight is 581 g/mol. The maximum absolute atomic E-state index is 14.1. The lowest BCUT2D eigenvalue weighted by Gasteiger charge is -2.40. The lowest BCUT2D eigenvalue weighted by molar-refractivity contribution is -0.0593. The van der Waals surface area contributed by atoms with Gasteiger partial charge < -0.3 is 24.0 Å². The fourth-order valence-electron chi connectivity index (χ4n) is 5.18. The highest BCUT2D eigenvalue weighted by Gasteiger charge is 2.28. The minimum Gasteiger partial charge on any atom is -0.477 e. The lowest BCUT2D eigenvalue weighted by Crippen LogP contribution is -2.52.